The highest BCUT2D eigenvalue weighted by atomic mass is 35.5. The normalized spacial score (nSPS) is 22.0. The van der Waals surface area contributed by atoms with Gasteiger partial charge in [0, 0.05) is 33.8 Å². The molecule has 1 aromatic carbocycles. The maximum Gasteiger partial charge on any atom is 0.264 e. The average molecular weight is 418 g/mol. The van der Waals surface area contributed by atoms with Crippen molar-refractivity contribution in [2.45, 2.75) is 43.9 Å². The Balaban J connectivity index is 1.86. The molecule has 0 radical (unpaired) electrons. The van der Waals surface area contributed by atoms with Gasteiger partial charge in [-0.2, -0.15) is 0 Å². The molecule has 0 saturated heterocycles. The van der Waals surface area contributed by atoms with E-state index in [4.69, 9.17) is 23.2 Å². The Labute approximate surface area is 164 Å². The number of aliphatic hydroxyl groups excluding tert-OH is 1. The van der Waals surface area contributed by atoms with Crippen LogP contribution in [-0.4, -0.2) is 15.9 Å². The number of alkyl halides is 3. The number of rotatable bonds is 5. The number of carbonyl (C=O) groups is 1. The number of nitrogens with zero attached hydrogens (tertiary/aromatic N) is 1. The number of halogens is 5. The zero-order chi connectivity index (χ0) is 19.8. The maximum atomic E-state index is 15.6. The molecule has 2 aromatic rings. The molecule has 1 aliphatic rings. The van der Waals surface area contributed by atoms with Gasteiger partial charge >= 0.3 is 0 Å². The van der Waals surface area contributed by atoms with Crippen molar-refractivity contribution in [3.63, 3.8) is 0 Å². The smallest absolute Gasteiger partial charge is 0.264 e. The van der Waals surface area contributed by atoms with Crippen LogP contribution in [0.15, 0.2) is 30.5 Å². The van der Waals surface area contributed by atoms with E-state index >= 15 is 4.39 Å². The number of benzene rings is 1. The molecule has 144 valence electrons. The van der Waals surface area contributed by atoms with Gasteiger partial charge in [-0.25, -0.2) is 13.2 Å². The van der Waals surface area contributed by atoms with Crippen molar-refractivity contribution in [1.82, 2.24) is 4.98 Å². The van der Waals surface area contributed by atoms with Crippen LogP contribution in [0.1, 0.15) is 54.2 Å². The van der Waals surface area contributed by atoms with Gasteiger partial charge in [-0.3, -0.25) is 9.78 Å². The minimum atomic E-state index is -2.82. The fourth-order valence-corrected chi connectivity index (χ4v) is 4.04. The predicted octanol–water partition coefficient (Wildman–Crippen LogP) is 5.52. The van der Waals surface area contributed by atoms with Crippen molar-refractivity contribution in [3.05, 3.63) is 62.9 Å². The topological polar surface area (TPSA) is 50.2 Å². The first-order valence-electron chi connectivity index (χ1n) is 8.35. The number of Topliss-reactive ketones (excluding diaryl/α,β-unsaturated/α-hetero) is 1. The molecule has 3 nitrogen and oxygen atoms in total. The molecule has 0 unspecified atom stereocenters. The third-order valence-electron chi connectivity index (χ3n) is 4.82. The molecule has 0 aliphatic heterocycles. The predicted molar refractivity (Wildman–Crippen MR) is 96.0 cm³/mol. The molecule has 1 aliphatic carbocycles. The van der Waals surface area contributed by atoms with Gasteiger partial charge in [0.1, 0.15) is 0 Å². The molecule has 0 saturated carbocycles. The van der Waals surface area contributed by atoms with Gasteiger partial charge in [0.15, 0.2) is 11.5 Å². The first kappa shape index (κ1) is 20.1. The number of pyridine rings is 1. The summed E-state index contributed by atoms with van der Waals surface area (Å²) >= 11 is 11.8. The van der Waals surface area contributed by atoms with E-state index in [0.29, 0.717) is 0 Å². The maximum absolute atomic E-state index is 15.6. The number of ketones is 1. The van der Waals surface area contributed by atoms with Crippen LogP contribution >= 0.6 is 23.2 Å². The summed E-state index contributed by atoms with van der Waals surface area (Å²) in [4.78, 5) is 16.7. The van der Waals surface area contributed by atoms with Gasteiger partial charge < -0.3 is 5.11 Å². The lowest BCUT2D eigenvalue weighted by molar-refractivity contribution is -0.133. The highest BCUT2D eigenvalue weighted by molar-refractivity contribution is 6.35. The Morgan fingerprint density at radius 2 is 2.11 bits per heavy atom. The molecule has 0 bridgehead atoms. The van der Waals surface area contributed by atoms with Crippen molar-refractivity contribution in [2.75, 3.05) is 0 Å². The van der Waals surface area contributed by atoms with E-state index in [1.807, 2.05) is 0 Å². The lowest BCUT2D eigenvalue weighted by Crippen LogP contribution is -2.37. The van der Waals surface area contributed by atoms with E-state index in [1.165, 1.54) is 24.4 Å². The van der Waals surface area contributed by atoms with Crippen LogP contribution in [0.5, 0.6) is 0 Å². The summed E-state index contributed by atoms with van der Waals surface area (Å²) in [5.41, 5.74) is -2.43. The second-order valence-corrected chi connectivity index (χ2v) is 7.31. The van der Waals surface area contributed by atoms with Crippen molar-refractivity contribution >= 4 is 29.0 Å². The van der Waals surface area contributed by atoms with E-state index in [9.17, 15) is 18.7 Å². The molecule has 0 fully saturated rings. The Bertz CT molecular complexity index is 878. The van der Waals surface area contributed by atoms with Crippen LogP contribution in [-0.2, 0) is 16.9 Å². The van der Waals surface area contributed by atoms with Gasteiger partial charge in [0.2, 0.25) is 0 Å². The number of carbonyl (C=O) groups excluding carboxylic acids is 1. The molecule has 8 heteroatoms. The van der Waals surface area contributed by atoms with Gasteiger partial charge in [-0.15, -0.1) is 0 Å². The van der Waals surface area contributed by atoms with E-state index in [2.05, 4.69) is 4.98 Å². The standard InChI is InChI=1S/C19H16Cl2F3NO2/c20-10-8-12(18(22)23)11(14(21)9-10)3-4-16(27)19(24)6-5-15(26)17-13(19)2-1-7-25-17/h1-2,7-9,15,18,26H,3-6H2/t15-,19+/m1/s1. The first-order valence-corrected chi connectivity index (χ1v) is 9.11. The Kier molecular flexibility index (Phi) is 5.79. The molecule has 0 spiro atoms. The van der Waals surface area contributed by atoms with Gasteiger partial charge in [-0.1, -0.05) is 29.3 Å². The molecular formula is C19H16Cl2F3NO2. The summed E-state index contributed by atoms with van der Waals surface area (Å²) < 4.78 is 42.1. The van der Waals surface area contributed by atoms with E-state index in [0.717, 1.165) is 6.07 Å². The molecule has 1 heterocycles. The number of hydrogen-bond acceptors (Lipinski definition) is 3. The van der Waals surface area contributed by atoms with Gasteiger partial charge in [-0.05, 0) is 43.0 Å². The number of aliphatic hydroxyl groups is 1. The van der Waals surface area contributed by atoms with E-state index in [1.54, 1.807) is 0 Å². The van der Waals surface area contributed by atoms with Crippen molar-refractivity contribution in [3.8, 4) is 0 Å². The SMILES string of the molecule is O=C(CCc1c(Cl)cc(Cl)cc1C(F)F)[C@]1(F)CC[C@@H](O)c2ncccc21. The first-order chi connectivity index (χ1) is 12.7. The highest BCUT2D eigenvalue weighted by Crippen LogP contribution is 2.44. The van der Waals surface area contributed by atoms with Crippen molar-refractivity contribution in [1.29, 1.82) is 0 Å². The largest absolute Gasteiger partial charge is 0.387 e. The fraction of sp³-hybridized carbons (Fsp3) is 0.368. The minimum Gasteiger partial charge on any atom is -0.387 e. The van der Waals surface area contributed by atoms with Crippen LogP contribution in [0.25, 0.3) is 0 Å². The Morgan fingerprint density at radius 3 is 2.81 bits per heavy atom. The molecule has 1 N–H and O–H groups in total. The summed E-state index contributed by atoms with van der Waals surface area (Å²) in [5.74, 6) is -0.755. The Hall–Kier alpha value is -1.63. The lowest BCUT2D eigenvalue weighted by Gasteiger charge is -2.32. The zero-order valence-corrected chi connectivity index (χ0v) is 15.6. The summed E-state index contributed by atoms with van der Waals surface area (Å²) in [6.07, 6.45) is -2.94. The molecule has 1 aromatic heterocycles. The zero-order valence-electron chi connectivity index (χ0n) is 14.1. The summed E-state index contributed by atoms with van der Waals surface area (Å²) in [7, 11) is 0. The summed E-state index contributed by atoms with van der Waals surface area (Å²) in [5, 5.41) is 10.1. The number of fused-ring (bicyclic) bond motifs is 1. The van der Waals surface area contributed by atoms with Gasteiger partial charge in [0.05, 0.1) is 11.8 Å². The van der Waals surface area contributed by atoms with Crippen LogP contribution < -0.4 is 0 Å². The molecular weight excluding hydrogens is 402 g/mol. The third-order valence-corrected chi connectivity index (χ3v) is 5.37. The lowest BCUT2D eigenvalue weighted by atomic mass is 9.77. The molecule has 0 amide bonds. The van der Waals surface area contributed by atoms with E-state index < -0.39 is 24.0 Å². The third kappa shape index (κ3) is 3.84. The van der Waals surface area contributed by atoms with Crippen LogP contribution in [0, 0.1) is 0 Å². The molecule has 3 rings (SSSR count). The van der Waals surface area contributed by atoms with E-state index in [-0.39, 0.29) is 58.1 Å². The number of hydrogen-bond donors (Lipinski definition) is 1. The molecule has 2 atom stereocenters. The van der Waals surface area contributed by atoms with Gasteiger partial charge in [0.25, 0.3) is 6.43 Å². The summed E-state index contributed by atoms with van der Waals surface area (Å²) in [6, 6.07) is 5.32. The molecule has 27 heavy (non-hydrogen) atoms. The van der Waals surface area contributed by atoms with Crippen LogP contribution in [0.3, 0.4) is 0 Å². The Morgan fingerprint density at radius 1 is 1.37 bits per heavy atom. The van der Waals surface area contributed by atoms with Crippen molar-refractivity contribution in [2.24, 2.45) is 0 Å². The fourth-order valence-electron chi connectivity index (χ4n) is 3.43. The summed E-state index contributed by atoms with van der Waals surface area (Å²) in [6.45, 7) is 0. The second-order valence-electron chi connectivity index (χ2n) is 6.47. The van der Waals surface area contributed by atoms with Crippen LogP contribution in [0.2, 0.25) is 10.0 Å². The minimum absolute atomic E-state index is 0.0136. The second kappa shape index (κ2) is 7.78. The average Bonchev–Trinajstić information content (AvgIpc) is 2.63. The quantitative estimate of drug-likeness (QED) is 0.696. The monoisotopic (exact) mass is 417 g/mol. The van der Waals surface area contributed by atoms with Crippen molar-refractivity contribution < 1.29 is 23.1 Å². The highest BCUT2D eigenvalue weighted by Gasteiger charge is 2.46. The van der Waals surface area contributed by atoms with Crippen LogP contribution in [0.4, 0.5) is 13.2 Å². The number of aromatic nitrogens is 1.